The van der Waals surface area contributed by atoms with Gasteiger partial charge in [0.2, 0.25) is 0 Å². The van der Waals surface area contributed by atoms with Gasteiger partial charge in [-0.3, -0.25) is 9.59 Å². The van der Waals surface area contributed by atoms with E-state index < -0.39 is 17.6 Å². The Morgan fingerprint density at radius 3 is 2.26 bits per heavy atom. The van der Waals surface area contributed by atoms with E-state index in [0.29, 0.717) is 17.0 Å². The van der Waals surface area contributed by atoms with Crippen molar-refractivity contribution in [1.29, 1.82) is 0 Å². The number of hydrogen-bond donors (Lipinski definition) is 1. The summed E-state index contributed by atoms with van der Waals surface area (Å²) < 4.78 is 43.6. The third-order valence-electron chi connectivity index (χ3n) is 4.39. The number of carbonyl (C=O) groups excluding carboxylic acids is 2. The van der Waals surface area contributed by atoms with Gasteiger partial charge in [-0.25, -0.2) is 0 Å². The third-order valence-corrected chi connectivity index (χ3v) is 4.39. The molecule has 0 atom stereocenters. The van der Waals surface area contributed by atoms with Crippen LogP contribution in [-0.2, 0) is 11.0 Å². The molecule has 1 N–H and O–H groups in total. The van der Waals surface area contributed by atoms with Gasteiger partial charge in [-0.15, -0.1) is 0 Å². The molecular formula is C23H19F3N2O3. The number of benzene rings is 3. The first-order valence-electron chi connectivity index (χ1n) is 9.27. The second-order valence-electron chi connectivity index (χ2n) is 6.64. The zero-order chi connectivity index (χ0) is 22.4. The first-order valence-corrected chi connectivity index (χ1v) is 9.27. The predicted octanol–water partition coefficient (Wildman–Crippen LogP) is 5.00. The van der Waals surface area contributed by atoms with Gasteiger partial charge in [-0.05, 0) is 54.6 Å². The molecule has 0 unspecified atom stereocenters. The highest BCUT2D eigenvalue weighted by atomic mass is 19.4. The zero-order valence-electron chi connectivity index (χ0n) is 16.5. The summed E-state index contributed by atoms with van der Waals surface area (Å²) in [6.45, 7) is -0.381. The van der Waals surface area contributed by atoms with E-state index in [4.69, 9.17) is 4.74 Å². The van der Waals surface area contributed by atoms with Crippen molar-refractivity contribution in [3.63, 3.8) is 0 Å². The second-order valence-corrected chi connectivity index (χ2v) is 6.64. The van der Waals surface area contributed by atoms with Crippen molar-refractivity contribution in [3.8, 4) is 5.75 Å². The maximum absolute atomic E-state index is 12.7. The lowest BCUT2D eigenvalue weighted by Crippen LogP contribution is -2.26. The Hall–Kier alpha value is -3.81. The van der Waals surface area contributed by atoms with Crippen molar-refractivity contribution in [1.82, 2.24) is 0 Å². The molecule has 3 aromatic rings. The molecule has 0 bridgehead atoms. The number of anilines is 2. The summed E-state index contributed by atoms with van der Waals surface area (Å²) in [5.74, 6) is -0.391. The van der Waals surface area contributed by atoms with Crippen LogP contribution in [0.2, 0.25) is 0 Å². The summed E-state index contributed by atoms with van der Waals surface area (Å²) in [5, 5.41) is 2.37. The van der Waals surface area contributed by atoms with Gasteiger partial charge in [0.05, 0.1) is 5.56 Å². The van der Waals surface area contributed by atoms with Crippen LogP contribution >= 0.6 is 0 Å². The van der Waals surface area contributed by atoms with Gasteiger partial charge < -0.3 is 15.0 Å². The number of alkyl halides is 3. The summed E-state index contributed by atoms with van der Waals surface area (Å²) >= 11 is 0. The van der Waals surface area contributed by atoms with Gasteiger partial charge in [0.15, 0.2) is 6.61 Å². The highest BCUT2D eigenvalue weighted by Crippen LogP contribution is 2.30. The van der Waals surface area contributed by atoms with Crippen molar-refractivity contribution in [2.24, 2.45) is 0 Å². The number of amides is 2. The molecule has 0 saturated carbocycles. The monoisotopic (exact) mass is 428 g/mol. The second kappa shape index (κ2) is 9.34. The molecule has 0 aliphatic heterocycles. The zero-order valence-corrected chi connectivity index (χ0v) is 16.5. The first-order chi connectivity index (χ1) is 14.7. The Labute approximate surface area is 177 Å². The molecule has 31 heavy (non-hydrogen) atoms. The fraction of sp³-hybridized carbons (Fsp3) is 0.130. The fourth-order valence-electron chi connectivity index (χ4n) is 2.78. The molecule has 0 heterocycles. The van der Waals surface area contributed by atoms with Crippen LogP contribution in [0.4, 0.5) is 24.5 Å². The number of nitrogens with one attached hydrogen (secondary N) is 1. The van der Waals surface area contributed by atoms with Crippen LogP contribution in [0.15, 0.2) is 78.9 Å². The first kappa shape index (κ1) is 21.9. The van der Waals surface area contributed by atoms with Gasteiger partial charge in [0, 0.05) is 24.0 Å². The summed E-state index contributed by atoms with van der Waals surface area (Å²) in [5.41, 5.74) is 0.363. The van der Waals surface area contributed by atoms with Gasteiger partial charge in [0.25, 0.3) is 11.8 Å². The molecule has 0 spiro atoms. The molecular weight excluding hydrogens is 409 g/mol. The number of ether oxygens (including phenoxy) is 1. The lowest BCUT2D eigenvalue weighted by Gasteiger charge is -2.18. The van der Waals surface area contributed by atoms with E-state index >= 15 is 0 Å². The molecule has 0 aromatic heterocycles. The molecule has 0 aliphatic rings. The van der Waals surface area contributed by atoms with Crippen LogP contribution in [0.25, 0.3) is 0 Å². The summed E-state index contributed by atoms with van der Waals surface area (Å²) in [6.07, 6.45) is -4.49. The average molecular weight is 428 g/mol. The maximum atomic E-state index is 12.7. The van der Waals surface area contributed by atoms with Crippen molar-refractivity contribution in [3.05, 3.63) is 90.0 Å². The number of carbonyl (C=O) groups is 2. The highest BCUT2D eigenvalue weighted by molar-refractivity contribution is 6.05. The van der Waals surface area contributed by atoms with Gasteiger partial charge in [-0.2, -0.15) is 13.2 Å². The topological polar surface area (TPSA) is 58.6 Å². The van der Waals surface area contributed by atoms with Crippen LogP contribution in [0.5, 0.6) is 5.75 Å². The molecule has 160 valence electrons. The SMILES string of the molecule is CN(C(=O)c1ccccc1)c1ccc(OCC(=O)Nc2cccc(C(F)(F)F)c2)cc1. The number of halogens is 3. The smallest absolute Gasteiger partial charge is 0.416 e. The van der Waals surface area contributed by atoms with Crippen LogP contribution in [0, 0.1) is 0 Å². The number of nitrogens with zero attached hydrogens (tertiary/aromatic N) is 1. The molecule has 8 heteroatoms. The van der Waals surface area contributed by atoms with E-state index in [9.17, 15) is 22.8 Å². The largest absolute Gasteiger partial charge is 0.484 e. The van der Waals surface area contributed by atoms with Crippen LogP contribution in [-0.4, -0.2) is 25.5 Å². The highest BCUT2D eigenvalue weighted by Gasteiger charge is 2.30. The standard InChI is InChI=1S/C23H19F3N2O3/c1-28(22(30)16-6-3-2-4-7-16)19-10-12-20(13-11-19)31-15-21(29)27-18-9-5-8-17(14-18)23(24,25)26/h2-14H,15H2,1H3,(H,27,29). The molecule has 3 aromatic carbocycles. The van der Waals surface area contributed by atoms with Crippen LogP contribution < -0.4 is 15.0 Å². The van der Waals surface area contributed by atoms with E-state index in [1.54, 1.807) is 55.6 Å². The number of hydrogen-bond acceptors (Lipinski definition) is 3. The van der Waals surface area contributed by atoms with E-state index in [0.717, 1.165) is 12.1 Å². The Bertz CT molecular complexity index is 1050. The minimum absolute atomic E-state index is 0.0276. The average Bonchev–Trinajstić information content (AvgIpc) is 2.77. The summed E-state index contributed by atoms with van der Waals surface area (Å²) in [7, 11) is 1.65. The van der Waals surface area contributed by atoms with Crippen molar-refractivity contribution < 1.29 is 27.5 Å². The summed E-state index contributed by atoms with van der Waals surface area (Å²) in [6, 6.07) is 19.7. The summed E-state index contributed by atoms with van der Waals surface area (Å²) in [4.78, 5) is 26.0. The Balaban J connectivity index is 1.55. The van der Waals surface area contributed by atoms with Crippen LogP contribution in [0.3, 0.4) is 0 Å². The fourth-order valence-corrected chi connectivity index (χ4v) is 2.78. The lowest BCUT2D eigenvalue weighted by atomic mass is 10.2. The molecule has 0 radical (unpaired) electrons. The normalized spacial score (nSPS) is 11.0. The van der Waals surface area contributed by atoms with Gasteiger partial charge in [0.1, 0.15) is 5.75 Å². The Morgan fingerprint density at radius 1 is 0.935 bits per heavy atom. The quantitative estimate of drug-likeness (QED) is 0.601. The predicted molar refractivity (Wildman–Crippen MR) is 111 cm³/mol. The molecule has 0 saturated heterocycles. The van der Waals surface area contributed by atoms with Crippen molar-refractivity contribution in [2.75, 3.05) is 23.9 Å². The molecule has 3 rings (SSSR count). The van der Waals surface area contributed by atoms with Crippen molar-refractivity contribution >= 4 is 23.2 Å². The number of rotatable bonds is 6. The molecule has 2 amide bonds. The van der Waals surface area contributed by atoms with E-state index in [-0.39, 0.29) is 18.2 Å². The molecule has 5 nitrogen and oxygen atoms in total. The Kier molecular flexibility index (Phi) is 6.59. The molecule has 0 fully saturated rings. The van der Waals surface area contributed by atoms with E-state index in [1.807, 2.05) is 6.07 Å². The molecule has 0 aliphatic carbocycles. The maximum Gasteiger partial charge on any atom is 0.416 e. The van der Waals surface area contributed by atoms with E-state index in [1.165, 1.54) is 17.0 Å². The van der Waals surface area contributed by atoms with Gasteiger partial charge >= 0.3 is 6.18 Å². The van der Waals surface area contributed by atoms with E-state index in [2.05, 4.69) is 5.32 Å². The Morgan fingerprint density at radius 2 is 1.61 bits per heavy atom. The van der Waals surface area contributed by atoms with Crippen LogP contribution in [0.1, 0.15) is 15.9 Å². The minimum atomic E-state index is -4.49. The third kappa shape index (κ3) is 5.85. The minimum Gasteiger partial charge on any atom is -0.484 e. The van der Waals surface area contributed by atoms with Crippen molar-refractivity contribution in [2.45, 2.75) is 6.18 Å². The lowest BCUT2D eigenvalue weighted by molar-refractivity contribution is -0.137. The van der Waals surface area contributed by atoms with Gasteiger partial charge in [-0.1, -0.05) is 24.3 Å².